The first kappa shape index (κ1) is 32.3. The Balaban J connectivity index is 1.04. The normalized spacial score (nSPS) is 12.9. The molecule has 0 aliphatic carbocycles. The third-order valence-electron chi connectivity index (χ3n) is 10.4. The summed E-state index contributed by atoms with van der Waals surface area (Å²) in [5, 5.41) is 2.41. The van der Waals surface area contributed by atoms with Crippen molar-refractivity contribution in [2.75, 3.05) is 16.5 Å². The Bertz CT molecular complexity index is 2850. The molecule has 262 valence electrons. The number of para-hydroxylation sites is 3. The van der Waals surface area contributed by atoms with Gasteiger partial charge in [-0.3, -0.25) is 4.57 Å². The number of aromatic nitrogens is 2. The van der Waals surface area contributed by atoms with Crippen LogP contribution in [-0.2, 0) is 5.41 Å². The highest BCUT2D eigenvalue weighted by atomic mass is 32.1. The van der Waals surface area contributed by atoms with E-state index >= 15 is 0 Å². The number of benzene rings is 6. The molecule has 0 amide bonds. The SMILES string of the molecule is CC(C)(C)c1ccccc1N1CN(c2cccc(Oc3ccc4c5sc6ccccc6c5n(-c5cc(-c6ccccc6)ccn5)c4c3)c2)c2ccccc21. The fraction of sp³-hybridized carbons (Fsp3) is 0.104. The Morgan fingerprint density at radius 3 is 2.15 bits per heavy atom. The number of hydrogen-bond acceptors (Lipinski definition) is 5. The quantitative estimate of drug-likeness (QED) is 0.171. The van der Waals surface area contributed by atoms with Crippen LogP contribution in [-0.4, -0.2) is 16.2 Å². The van der Waals surface area contributed by atoms with Crippen LogP contribution >= 0.6 is 11.3 Å². The van der Waals surface area contributed by atoms with E-state index in [9.17, 15) is 0 Å². The zero-order chi connectivity index (χ0) is 36.4. The maximum absolute atomic E-state index is 6.72. The Morgan fingerprint density at radius 2 is 1.31 bits per heavy atom. The number of pyridine rings is 1. The molecule has 0 bridgehead atoms. The van der Waals surface area contributed by atoms with Gasteiger partial charge in [0.1, 0.15) is 24.0 Å². The van der Waals surface area contributed by atoms with Crippen LogP contribution in [0.15, 0.2) is 164 Å². The summed E-state index contributed by atoms with van der Waals surface area (Å²) >= 11 is 1.83. The van der Waals surface area contributed by atoms with E-state index in [1.54, 1.807) is 0 Å². The first-order valence-electron chi connectivity index (χ1n) is 18.4. The van der Waals surface area contributed by atoms with E-state index in [1.165, 1.54) is 48.3 Å². The fourth-order valence-corrected chi connectivity index (χ4v) is 9.15. The van der Waals surface area contributed by atoms with E-state index in [0.717, 1.165) is 39.6 Å². The average Bonchev–Trinajstić information content (AvgIpc) is 3.87. The zero-order valence-electron chi connectivity index (χ0n) is 30.4. The summed E-state index contributed by atoms with van der Waals surface area (Å²) in [5.41, 5.74) is 10.6. The molecule has 0 spiro atoms. The molecular formula is C48H38N4OS. The molecular weight excluding hydrogens is 681 g/mol. The molecule has 0 saturated heterocycles. The second-order valence-corrected chi connectivity index (χ2v) is 16.0. The monoisotopic (exact) mass is 718 g/mol. The highest BCUT2D eigenvalue weighted by molar-refractivity contribution is 7.26. The lowest BCUT2D eigenvalue weighted by Crippen LogP contribution is -2.26. The van der Waals surface area contributed by atoms with Gasteiger partial charge in [0.15, 0.2) is 0 Å². The maximum atomic E-state index is 6.72. The van der Waals surface area contributed by atoms with Gasteiger partial charge in [0.2, 0.25) is 0 Å². The van der Waals surface area contributed by atoms with Crippen LogP contribution in [0.4, 0.5) is 22.7 Å². The van der Waals surface area contributed by atoms with Crippen molar-refractivity contribution in [2.24, 2.45) is 0 Å². The molecule has 0 unspecified atom stereocenters. The Hall–Kier alpha value is -6.37. The van der Waals surface area contributed by atoms with Gasteiger partial charge in [0.05, 0.1) is 27.1 Å². The van der Waals surface area contributed by atoms with Gasteiger partial charge in [-0.25, -0.2) is 4.98 Å². The molecule has 0 radical (unpaired) electrons. The average molecular weight is 719 g/mol. The number of ether oxygens (including phenoxy) is 1. The minimum Gasteiger partial charge on any atom is -0.457 e. The molecule has 5 nitrogen and oxygen atoms in total. The molecule has 6 heteroatoms. The van der Waals surface area contributed by atoms with Crippen molar-refractivity contribution in [2.45, 2.75) is 26.2 Å². The van der Waals surface area contributed by atoms with Crippen molar-refractivity contribution in [1.29, 1.82) is 0 Å². The van der Waals surface area contributed by atoms with Crippen molar-refractivity contribution in [3.05, 3.63) is 169 Å². The summed E-state index contributed by atoms with van der Waals surface area (Å²) in [5.74, 6) is 2.44. The van der Waals surface area contributed by atoms with Crippen LogP contribution in [0.5, 0.6) is 11.5 Å². The van der Waals surface area contributed by atoms with Crippen LogP contribution < -0.4 is 14.5 Å². The van der Waals surface area contributed by atoms with E-state index in [0.29, 0.717) is 6.67 Å². The Kier molecular flexibility index (Phi) is 7.56. The summed E-state index contributed by atoms with van der Waals surface area (Å²) in [7, 11) is 0. The third-order valence-corrected chi connectivity index (χ3v) is 11.6. The summed E-state index contributed by atoms with van der Waals surface area (Å²) in [6, 6.07) is 55.8. The number of hydrogen-bond donors (Lipinski definition) is 0. The summed E-state index contributed by atoms with van der Waals surface area (Å²) < 4.78 is 11.5. The van der Waals surface area contributed by atoms with E-state index in [1.807, 2.05) is 23.6 Å². The lowest BCUT2D eigenvalue weighted by atomic mass is 9.85. The maximum Gasteiger partial charge on any atom is 0.138 e. The molecule has 4 heterocycles. The molecule has 1 aliphatic heterocycles. The number of thiophene rings is 1. The van der Waals surface area contributed by atoms with Gasteiger partial charge >= 0.3 is 0 Å². The molecule has 6 aromatic carbocycles. The fourth-order valence-electron chi connectivity index (χ4n) is 7.93. The van der Waals surface area contributed by atoms with Crippen LogP contribution in [0, 0.1) is 0 Å². The molecule has 3 aromatic heterocycles. The molecule has 9 aromatic rings. The van der Waals surface area contributed by atoms with Crippen molar-refractivity contribution in [3.63, 3.8) is 0 Å². The van der Waals surface area contributed by atoms with Crippen LogP contribution in [0.25, 0.3) is 48.2 Å². The van der Waals surface area contributed by atoms with Crippen LogP contribution in [0.3, 0.4) is 0 Å². The van der Waals surface area contributed by atoms with Crippen molar-refractivity contribution in [1.82, 2.24) is 9.55 Å². The third kappa shape index (κ3) is 5.41. The second kappa shape index (κ2) is 12.6. The standard InChI is InChI=1S/C48H38N4OS/c1-48(2,3)39-19-8-9-20-40(39)51-31-50(41-21-10-11-22-42(41)51)34-16-13-17-35(29-34)53-36-24-25-37-43(30-36)52(46-38-18-7-12-23-44(38)54-47(37)46)45-28-33(26-27-49-45)32-14-5-4-6-15-32/h4-30H,31H2,1-3H3. The van der Waals surface area contributed by atoms with Crippen LogP contribution in [0.1, 0.15) is 26.3 Å². The number of rotatable bonds is 6. The highest BCUT2D eigenvalue weighted by Gasteiger charge is 2.31. The number of nitrogens with zero attached hydrogens (tertiary/aromatic N) is 4. The van der Waals surface area contributed by atoms with Gasteiger partial charge in [-0.15, -0.1) is 11.3 Å². The number of anilines is 4. The van der Waals surface area contributed by atoms with Gasteiger partial charge in [-0.2, -0.15) is 0 Å². The number of fused-ring (bicyclic) bond motifs is 6. The molecule has 10 rings (SSSR count). The molecule has 0 atom stereocenters. The van der Waals surface area contributed by atoms with Gasteiger partial charge in [0, 0.05) is 45.2 Å². The first-order valence-corrected chi connectivity index (χ1v) is 19.2. The largest absolute Gasteiger partial charge is 0.457 e. The van der Waals surface area contributed by atoms with E-state index in [-0.39, 0.29) is 5.41 Å². The van der Waals surface area contributed by atoms with Crippen molar-refractivity contribution >= 4 is 65.3 Å². The minimum atomic E-state index is 0.0106. The lowest BCUT2D eigenvalue weighted by molar-refractivity contribution is 0.483. The molecule has 1 aliphatic rings. The van der Waals surface area contributed by atoms with Crippen LogP contribution in [0.2, 0.25) is 0 Å². The van der Waals surface area contributed by atoms with Gasteiger partial charge in [-0.1, -0.05) is 106 Å². The van der Waals surface area contributed by atoms with Crippen molar-refractivity contribution in [3.8, 4) is 28.4 Å². The molecule has 0 N–H and O–H groups in total. The van der Waals surface area contributed by atoms with Gasteiger partial charge in [-0.05, 0) is 82.8 Å². The highest BCUT2D eigenvalue weighted by Crippen LogP contribution is 2.48. The predicted octanol–water partition coefficient (Wildman–Crippen LogP) is 13.4. The molecule has 54 heavy (non-hydrogen) atoms. The summed E-state index contributed by atoms with van der Waals surface area (Å²) in [6.07, 6.45) is 1.91. The smallest absolute Gasteiger partial charge is 0.138 e. The Labute approximate surface area is 318 Å². The predicted molar refractivity (Wildman–Crippen MR) is 227 cm³/mol. The topological polar surface area (TPSA) is 33.5 Å². The lowest BCUT2D eigenvalue weighted by Gasteiger charge is -2.29. The van der Waals surface area contributed by atoms with Gasteiger partial charge in [0.25, 0.3) is 0 Å². The molecule has 0 fully saturated rings. The van der Waals surface area contributed by atoms with E-state index in [4.69, 9.17) is 9.72 Å². The second-order valence-electron chi connectivity index (χ2n) is 14.9. The summed E-state index contributed by atoms with van der Waals surface area (Å²) in [4.78, 5) is 9.75. The van der Waals surface area contributed by atoms with Crippen molar-refractivity contribution < 1.29 is 4.74 Å². The first-order chi connectivity index (χ1) is 26.4. The zero-order valence-corrected chi connectivity index (χ0v) is 31.2. The van der Waals surface area contributed by atoms with E-state index < -0.39 is 0 Å². The summed E-state index contributed by atoms with van der Waals surface area (Å²) in [6.45, 7) is 7.55. The molecule has 0 saturated carbocycles. The minimum absolute atomic E-state index is 0.0106. The van der Waals surface area contributed by atoms with E-state index in [2.05, 4.69) is 187 Å². The van der Waals surface area contributed by atoms with Gasteiger partial charge < -0.3 is 14.5 Å². The Morgan fingerprint density at radius 1 is 0.593 bits per heavy atom.